The molecule has 0 atom stereocenters. The minimum atomic E-state index is -0.295. The summed E-state index contributed by atoms with van der Waals surface area (Å²) in [6, 6.07) is 12.4. The van der Waals surface area contributed by atoms with E-state index >= 15 is 0 Å². The van der Waals surface area contributed by atoms with Gasteiger partial charge in [-0.15, -0.1) is 0 Å². The predicted molar refractivity (Wildman–Crippen MR) is 75.3 cm³/mol. The Labute approximate surface area is 112 Å². The van der Waals surface area contributed by atoms with Gasteiger partial charge in [-0.05, 0) is 23.8 Å². The Kier molecular flexibility index (Phi) is 4.02. The smallest absolute Gasteiger partial charge is 0.147 e. The zero-order chi connectivity index (χ0) is 13.8. The van der Waals surface area contributed by atoms with Crippen molar-refractivity contribution in [3.63, 3.8) is 0 Å². The van der Waals surface area contributed by atoms with Crippen LogP contribution in [0.3, 0.4) is 0 Å². The van der Waals surface area contributed by atoms with Gasteiger partial charge in [-0.1, -0.05) is 24.3 Å². The molecule has 0 aliphatic carbocycles. The highest BCUT2D eigenvalue weighted by Crippen LogP contribution is 2.35. The van der Waals surface area contributed by atoms with Crippen LogP contribution in [0.25, 0.3) is 0 Å². The first kappa shape index (κ1) is 13.4. The standard InChI is InChI=1S/C15H17FN2O/c1-18(13-8-3-4-9-14(13)19-2)15-11(10-17)6-5-7-12(15)16/h3-9H,10,17H2,1-2H3. The van der Waals surface area contributed by atoms with Crippen molar-refractivity contribution >= 4 is 11.4 Å². The number of hydrogen-bond donors (Lipinski definition) is 1. The van der Waals surface area contributed by atoms with Crippen molar-refractivity contribution in [2.75, 3.05) is 19.1 Å². The van der Waals surface area contributed by atoms with Crippen molar-refractivity contribution in [3.8, 4) is 5.75 Å². The van der Waals surface area contributed by atoms with Gasteiger partial charge in [0.2, 0.25) is 0 Å². The van der Waals surface area contributed by atoms with Crippen LogP contribution in [0.4, 0.5) is 15.8 Å². The molecule has 0 fully saturated rings. The summed E-state index contributed by atoms with van der Waals surface area (Å²) in [4.78, 5) is 1.76. The summed E-state index contributed by atoms with van der Waals surface area (Å²) >= 11 is 0. The Morgan fingerprint density at radius 2 is 1.89 bits per heavy atom. The van der Waals surface area contributed by atoms with E-state index in [1.165, 1.54) is 6.07 Å². The molecule has 19 heavy (non-hydrogen) atoms. The van der Waals surface area contributed by atoms with Gasteiger partial charge in [0, 0.05) is 13.6 Å². The zero-order valence-electron chi connectivity index (χ0n) is 11.1. The molecule has 3 nitrogen and oxygen atoms in total. The van der Waals surface area contributed by atoms with Gasteiger partial charge in [-0.3, -0.25) is 0 Å². The third-order valence-corrected chi connectivity index (χ3v) is 3.07. The van der Waals surface area contributed by atoms with Gasteiger partial charge in [-0.25, -0.2) is 4.39 Å². The lowest BCUT2D eigenvalue weighted by Crippen LogP contribution is -2.16. The van der Waals surface area contributed by atoms with Gasteiger partial charge in [0.25, 0.3) is 0 Å². The number of para-hydroxylation sites is 3. The number of nitrogens with two attached hydrogens (primary N) is 1. The highest BCUT2D eigenvalue weighted by Gasteiger charge is 2.16. The Bertz CT molecular complexity index is 572. The van der Waals surface area contributed by atoms with Crippen molar-refractivity contribution in [3.05, 3.63) is 53.8 Å². The van der Waals surface area contributed by atoms with Crippen molar-refractivity contribution in [2.24, 2.45) is 5.73 Å². The molecule has 100 valence electrons. The average Bonchev–Trinajstić information content (AvgIpc) is 2.46. The third kappa shape index (κ3) is 2.53. The summed E-state index contributed by atoms with van der Waals surface area (Å²) < 4.78 is 19.4. The summed E-state index contributed by atoms with van der Waals surface area (Å²) in [5.41, 5.74) is 7.72. The first-order valence-corrected chi connectivity index (χ1v) is 6.03. The van der Waals surface area contributed by atoms with Crippen molar-refractivity contribution in [1.82, 2.24) is 0 Å². The number of hydrogen-bond acceptors (Lipinski definition) is 3. The highest BCUT2D eigenvalue weighted by atomic mass is 19.1. The monoisotopic (exact) mass is 260 g/mol. The molecule has 0 amide bonds. The highest BCUT2D eigenvalue weighted by molar-refractivity contribution is 5.71. The molecule has 4 heteroatoms. The van der Waals surface area contributed by atoms with E-state index in [9.17, 15) is 4.39 Å². The lowest BCUT2D eigenvalue weighted by atomic mass is 10.1. The maximum Gasteiger partial charge on any atom is 0.147 e. The van der Waals surface area contributed by atoms with E-state index in [2.05, 4.69) is 0 Å². The molecule has 0 saturated heterocycles. The summed E-state index contributed by atoms with van der Waals surface area (Å²) in [7, 11) is 3.40. The molecular formula is C15H17FN2O. The van der Waals surface area contributed by atoms with E-state index in [-0.39, 0.29) is 12.4 Å². The van der Waals surface area contributed by atoms with Crippen LogP contribution in [0.1, 0.15) is 5.56 Å². The third-order valence-electron chi connectivity index (χ3n) is 3.07. The van der Waals surface area contributed by atoms with Crippen LogP contribution in [0.5, 0.6) is 5.75 Å². The van der Waals surface area contributed by atoms with Crippen LogP contribution in [0.15, 0.2) is 42.5 Å². The van der Waals surface area contributed by atoms with Crippen LogP contribution >= 0.6 is 0 Å². The number of anilines is 2. The Balaban J connectivity index is 2.52. The molecule has 0 aliphatic rings. The van der Waals surface area contributed by atoms with Crippen molar-refractivity contribution in [1.29, 1.82) is 0 Å². The molecule has 2 rings (SSSR count). The first-order valence-electron chi connectivity index (χ1n) is 6.03. The fourth-order valence-corrected chi connectivity index (χ4v) is 2.13. The Morgan fingerprint density at radius 1 is 1.16 bits per heavy atom. The normalized spacial score (nSPS) is 10.3. The van der Waals surface area contributed by atoms with Crippen LogP contribution < -0.4 is 15.4 Å². The molecule has 0 unspecified atom stereocenters. The largest absolute Gasteiger partial charge is 0.495 e. The SMILES string of the molecule is COc1ccccc1N(C)c1c(F)cccc1CN. The maximum absolute atomic E-state index is 14.1. The number of benzene rings is 2. The topological polar surface area (TPSA) is 38.5 Å². The van der Waals surface area contributed by atoms with Gasteiger partial charge in [-0.2, -0.15) is 0 Å². The minimum absolute atomic E-state index is 0.284. The number of nitrogens with zero attached hydrogens (tertiary/aromatic N) is 1. The molecule has 2 N–H and O–H groups in total. The second kappa shape index (κ2) is 5.71. The van der Waals surface area contributed by atoms with E-state index in [4.69, 9.17) is 10.5 Å². The van der Waals surface area contributed by atoms with Gasteiger partial charge in [0.05, 0.1) is 18.5 Å². The predicted octanol–water partition coefficient (Wildman–Crippen LogP) is 3.06. The molecule has 2 aromatic rings. The van der Waals surface area contributed by atoms with Crippen LogP contribution in [-0.2, 0) is 6.54 Å². The van der Waals surface area contributed by atoms with Crippen LogP contribution in [0, 0.1) is 5.82 Å². The van der Waals surface area contributed by atoms with Crippen molar-refractivity contribution < 1.29 is 9.13 Å². The fraction of sp³-hybridized carbons (Fsp3) is 0.200. The zero-order valence-corrected chi connectivity index (χ0v) is 11.1. The minimum Gasteiger partial charge on any atom is -0.495 e. The first-order chi connectivity index (χ1) is 9.19. The van der Waals surface area contributed by atoms with Gasteiger partial charge in [0.1, 0.15) is 11.6 Å². The lowest BCUT2D eigenvalue weighted by Gasteiger charge is -2.24. The van der Waals surface area contributed by atoms with Gasteiger partial charge < -0.3 is 15.4 Å². The number of ether oxygens (including phenoxy) is 1. The van der Waals surface area contributed by atoms with E-state index in [0.717, 1.165) is 11.3 Å². The number of methoxy groups -OCH3 is 1. The van der Waals surface area contributed by atoms with E-state index in [1.54, 1.807) is 25.1 Å². The summed E-state index contributed by atoms with van der Waals surface area (Å²) in [6.45, 7) is 0.284. The van der Waals surface area contributed by atoms with Crippen molar-refractivity contribution in [2.45, 2.75) is 6.54 Å². The Hall–Kier alpha value is -2.07. The van der Waals surface area contributed by atoms with Gasteiger partial charge >= 0.3 is 0 Å². The molecular weight excluding hydrogens is 243 g/mol. The molecule has 0 aromatic heterocycles. The van der Waals surface area contributed by atoms with Crippen LogP contribution in [0.2, 0.25) is 0 Å². The molecule has 2 aromatic carbocycles. The number of halogens is 1. The quantitative estimate of drug-likeness (QED) is 0.918. The molecule has 0 heterocycles. The summed E-state index contributed by atoms with van der Waals surface area (Å²) in [5.74, 6) is 0.396. The van der Waals surface area contributed by atoms with Gasteiger partial charge in [0.15, 0.2) is 0 Å². The molecule has 0 radical (unpaired) electrons. The average molecular weight is 260 g/mol. The van der Waals surface area contributed by atoms with E-state index < -0.39 is 0 Å². The summed E-state index contributed by atoms with van der Waals surface area (Å²) in [6.07, 6.45) is 0. The second-order valence-electron chi connectivity index (χ2n) is 4.18. The van der Waals surface area contributed by atoms with Crippen LogP contribution in [-0.4, -0.2) is 14.2 Å². The molecule has 0 saturated carbocycles. The molecule has 0 spiro atoms. The second-order valence-corrected chi connectivity index (χ2v) is 4.18. The maximum atomic E-state index is 14.1. The molecule has 0 bridgehead atoms. The van der Waals surface area contributed by atoms with E-state index in [1.807, 2.05) is 30.3 Å². The number of rotatable bonds is 4. The molecule has 0 aliphatic heterocycles. The summed E-state index contributed by atoms with van der Waals surface area (Å²) in [5, 5.41) is 0. The fourth-order valence-electron chi connectivity index (χ4n) is 2.13. The Morgan fingerprint density at radius 3 is 2.58 bits per heavy atom. The van der Waals surface area contributed by atoms with E-state index in [0.29, 0.717) is 11.4 Å². The lowest BCUT2D eigenvalue weighted by molar-refractivity contribution is 0.415.